The molecule has 14 heteroatoms. The summed E-state index contributed by atoms with van der Waals surface area (Å²) in [5.74, 6) is 3.18. The van der Waals surface area contributed by atoms with Crippen molar-refractivity contribution in [1.29, 1.82) is 0 Å². The first kappa shape index (κ1) is 33.0. The number of carbonyl (C=O) groups is 2. The molecular formula is C31H28ClF4N7O2. The van der Waals surface area contributed by atoms with Crippen LogP contribution < -0.4 is 16.4 Å². The van der Waals surface area contributed by atoms with Gasteiger partial charge in [0, 0.05) is 41.8 Å². The number of alkyl halides is 3. The molecule has 4 N–H and O–H groups in total. The summed E-state index contributed by atoms with van der Waals surface area (Å²) in [5.41, 5.74) is 10.5. The van der Waals surface area contributed by atoms with E-state index in [4.69, 9.17) is 17.3 Å². The number of hydrogen-bond acceptors (Lipinski definition) is 6. The third-order valence-electron chi connectivity index (χ3n) is 6.64. The quantitative estimate of drug-likeness (QED) is 0.140. The Hall–Kier alpha value is -4.93. The lowest BCUT2D eigenvalue weighted by Crippen LogP contribution is -2.34. The Bertz CT molecular complexity index is 1910. The lowest BCUT2D eigenvalue weighted by molar-refractivity contribution is -0.123. The first-order valence-electron chi connectivity index (χ1n) is 13.3. The van der Waals surface area contributed by atoms with Gasteiger partial charge < -0.3 is 20.9 Å². The minimum Gasteiger partial charge on any atom is -0.383 e. The second-order valence-corrected chi connectivity index (χ2v) is 10.8. The van der Waals surface area contributed by atoms with Crippen LogP contribution in [0, 0.1) is 18.8 Å². The summed E-state index contributed by atoms with van der Waals surface area (Å²) >= 11 is 6.41. The molecule has 0 unspecified atom stereocenters. The molecule has 0 atom stereocenters. The van der Waals surface area contributed by atoms with Gasteiger partial charge in [0.15, 0.2) is 5.83 Å². The van der Waals surface area contributed by atoms with Gasteiger partial charge in [0.05, 0.1) is 33.7 Å². The molecule has 1 aromatic carbocycles. The van der Waals surface area contributed by atoms with E-state index in [0.29, 0.717) is 56.6 Å². The van der Waals surface area contributed by atoms with E-state index < -0.39 is 36.1 Å². The molecule has 3 aromatic heterocycles. The lowest BCUT2D eigenvalue weighted by atomic mass is 9.96. The van der Waals surface area contributed by atoms with Gasteiger partial charge in [-0.2, -0.15) is 13.2 Å². The zero-order valence-corrected chi connectivity index (χ0v) is 25.4. The van der Waals surface area contributed by atoms with E-state index in [-0.39, 0.29) is 10.8 Å². The maximum atomic E-state index is 13.3. The van der Waals surface area contributed by atoms with Crippen molar-refractivity contribution < 1.29 is 27.2 Å². The normalized spacial score (nSPS) is 11.3. The molecule has 0 aliphatic carbocycles. The molecule has 0 fully saturated rings. The molecule has 234 valence electrons. The summed E-state index contributed by atoms with van der Waals surface area (Å²) < 4.78 is 53.2. The van der Waals surface area contributed by atoms with Gasteiger partial charge in [0.2, 0.25) is 0 Å². The zero-order chi connectivity index (χ0) is 33.2. The van der Waals surface area contributed by atoms with Crippen molar-refractivity contribution in [1.82, 2.24) is 24.8 Å². The molecule has 0 saturated heterocycles. The number of carbonyl (C=O) groups excluding carboxylic acids is 2. The summed E-state index contributed by atoms with van der Waals surface area (Å²) in [6, 6.07) is 6.37. The van der Waals surface area contributed by atoms with E-state index >= 15 is 0 Å². The van der Waals surface area contributed by atoms with Crippen LogP contribution in [0.1, 0.15) is 21.6 Å². The predicted octanol–water partition coefficient (Wildman–Crippen LogP) is 5.47. The molecule has 3 heterocycles. The molecule has 0 aliphatic heterocycles. The predicted molar refractivity (Wildman–Crippen MR) is 166 cm³/mol. The van der Waals surface area contributed by atoms with Gasteiger partial charge in [-0.3, -0.25) is 14.5 Å². The summed E-state index contributed by atoms with van der Waals surface area (Å²) in [6.45, 7) is 3.72. The number of nitrogens with zero attached hydrogens (tertiary/aromatic N) is 4. The van der Waals surface area contributed by atoms with Crippen molar-refractivity contribution in [2.24, 2.45) is 7.05 Å². The summed E-state index contributed by atoms with van der Waals surface area (Å²) in [5, 5.41) is 4.51. The molecule has 0 radical (unpaired) electrons. The highest BCUT2D eigenvalue weighted by molar-refractivity contribution is 6.34. The van der Waals surface area contributed by atoms with E-state index in [1.54, 1.807) is 43.7 Å². The SMILES string of the molecule is C=C(F)C(=O)Nc1ccc(-c2c(-c3cnc(C(=O)NCC(F)(F)F)c(Cl)c3)c3c(N)ncc(C#CCN(C)C)c3n2C)c(C)c1. The molecule has 0 bridgehead atoms. The number of aromatic nitrogens is 3. The van der Waals surface area contributed by atoms with Gasteiger partial charge in [-0.15, -0.1) is 0 Å². The van der Waals surface area contributed by atoms with E-state index in [1.165, 1.54) is 12.3 Å². The number of nitrogens with one attached hydrogen (secondary N) is 2. The monoisotopic (exact) mass is 641 g/mol. The van der Waals surface area contributed by atoms with Gasteiger partial charge in [0.1, 0.15) is 18.1 Å². The van der Waals surface area contributed by atoms with Crippen molar-refractivity contribution in [3.63, 3.8) is 0 Å². The fraction of sp³-hybridized carbons (Fsp3) is 0.226. The van der Waals surface area contributed by atoms with Gasteiger partial charge in [-0.05, 0) is 44.8 Å². The van der Waals surface area contributed by atoms with Crippen LogP contribution in [0.25, 0.3) is 33.3 Å². The number of rotatable bonds is 7. The highest BCUT2D eigenvalue weighted by Crippen LogP contribution is 2.45. The Morgan fingerprint density at radius 2 is 1.89 bits per heavy atom. The lowest BCUT2D eigenvalue weighted by Gasteiger charge is -2.14. The third-order valence-corrected chi connectivity index (χ3v) is 6.92. The number of fused-ring (bicyclic) bond motifs is 1. The number of halogens is 5. The molecule has 0 saturated carbocycles. The van der Waals surface area contributed by atoms with Crippen molar-refractivity contribution >= 4 is 45.8 Å². The molecule has 0 aliphatic rings. The van der Waals surface area contributed by atoms with Gasteiger partial charge >= 0.3 is 6.18 Å². The maximum absolute atomic E-state index is 13.3. The van der Waals surface area contributed by atoms with Gasteiger partial charge in [-0.25, -0.2) is 14.4 Å². The maximum Gasteiger partial charge on any atom is 0.405 e. The smallest absolute Gasteiger partial charge is 0.383 e. The number of hydrogen-bond donors (Lipinski definition) is 3. The van der Waals surface area contributed by atoms with Crippen LogP contribution in [0.2, 0.25) is 5.02 Å². The molecule has 9 nitrogen and oxygen atoms in total. The average Bonchev–Trinajstić information content (AvgIpc) is 3.26. The van der Waals surface area contributed by atoms with E-state index in [2.05, 4.69) is 33.7 Å². The minimum absolute atomic E-state index is 0.158. The van der Waals surface area contributed by atoms with Crippen molar-refractivity contribution in [3.8, 4) is 34.2 Å². The molecule has 2 amide bonds. The number of anilines is 2. The average molecular weight is 642 g/mol. The standard InChI is InChI=1S/C31H28ClF4N7O2/c1-16-11-20(41-29(44)17(2)33)8-9-21(16)27-23(19-12-22(32)25(38-14-19)30(45)40-15-31(34,35)36)24-26(43(27)5)18(13-39-28(24)37)7-6-10-42(3)4/h8-9,11-14H,2,10,15H2,1,3-5H3,(H2,37,39)(H,40,45)(H,41,44). The summed E-state index contributed by atoms with van der Waals surface area (Å²) in [7, 11) is 5.56. The van der Waals surface area contributed by atoms with E-state index in [0.717, 1.165) is 0 Å². The van der Waals surface area contributed by atoms with Gasteiger partial charge in [-0.1, -0.05) is 36.1 Å². The first-order chi connectivity index (χ1) is 21.1. The number of benzene rings is 1. The molecule has 4 rings (SSSR count). The Morgan fingerprint density at radius 1 is 1.18 bits per heavy atom. The van der Waals surface area contributed by atoms with Crippen LogP contribution in [0.15, 0.2) is 49.1 Å². The number of amides is 2. The van der Waals surface area contributed by atoms with E-state index in [1.807, 2.05) is 23.6 Å². The molecule has 0 spiro atoms. The molecule has 45 heavy (non-hydrogen) atoms. The third kappa shape index (κ3) is 7.25. The Morgan fingerprint density at radius 3 is 2.49 bits per heavy atom. The fourth-order valence-electron chi connectivity index (χ4n) is 4.70. The molecule has 4 aromatic rings. The Balaban J connectivity index is 1.97. The fourth-order valence-corrected chi connectivity index (χ4v) is 4.95. The minimum atomic E-state index is -4.62. The number of nitrogens with two attached hydrogens (primary N) is 1. The highest BCUT2D eigenvalue weighted by Gasteiger charge is 2.29. The Kier molecular flexibility index (Phi) is 9.50. The second kappa shape index (κ2) is 13.0. The van der Waals surface area contributed by atoms with Gasteiger partial charge in [0.25, 0.3) is 11.8 Å². The summed E-state index contributed by atoms with van der Waals surface area (Å²) in [4.78, 5) is 34.7. The number of aryl methyl sites for hydroxylation is 2. The van der Waals surface area contributed by atoms with Crippen molar-refractivity contribution in [2.45, 2.75) is 13.1 Å². The summed E-state index contributed by atoms with van der Waals surface area (Å²) in [6.07, 6.45) is -1.75. The van der Waals surface area contributed by atoms with Crippen LogP contribution in [0.4, 0.5) is 29.1 Å². The molecular weight excluding hydrogens is 614 g/mol. The zero-order valence-electron chi connectivity index (χ0n) is 24.7. The van der Waals surface area contributed by atoms with Crippen molar-refractivity contribution in [2.75, 3.05) is 38.2 Å². The second-order valence-electron chi connectivity index (χ2n) is 10.3. The largest absolute Gasteiger partial charge is 0.405 e. The Labute approximate surface area is 261 Å². The van der Waals surface area contributed by atoms with Crippen LogP contribution in [0.3, 0.4) is 0 Å². The first-order valence-corrected chi connectivity index (χ1v) is 13.6. The highest BCUT2D eigenvalue weighted by atomic mass is 35.5. The van der Waals surface area contributed by atoms with Crippen LogP contribution in [0.5, 0.6) is 0 Å². The topological polar surface area (TPSA) is 118 Å². The van der Waals surface area contributed by atoms with Crippen molar-refractivity contribution in [3.05, 3.63) is 70.9 Å². The van der Waals surface area contributed by atoms with Crippen LogP contribution in [-0.2, 0) is 11.8 Å². The van der Waals surface area contributed by atoms with E-state index in [9.17, 15) is 27.2 Å². The van der Waals surface area contributed by atoms with Crippen LogP contribution >= 0.6 is 11.6 Å². The number of nitrogen functional groups attached to an aromatic ring is 1. The van der Waals surface area contributed by atoms with Crippen LogP contribution in [-0.4, -0.2) is 64.6 Å². The number of pyridine rings is 2.